The SMILES string of the molecule is O=c1cc(CN(c2nccs2)S(=O)(=O)c2ccccc2)nc2sccn12. The Hall–Kier alpha value is -2.56. The first-order valence-corrected chi connectivity index (χ1v) is 10.7. The zero-order valence-electron chi connectivity index (χ0n) is 13.2. The van der Waals surface area contributed by atoms with Crippen molar-refractivity contribution in [3.8, 4) is 0 Å². The molecule has 0 radical (unpaired) electrons. The summed E-state index contributed by atoms with van der Waals surface area (Å²) < 4.78 is 28.8. The minimum Gasteiger partial charge on any atom is -0.269 e. The molecule has 4 aromatic rings. The van der Waals surface area contributed by atoms with E-state index in [1.807, 2.05) is 0 Å². The van der Waals surface area contributed by atoms with Gasteiger partial charge in [-0.05, 0) is 12.1 Å². The molecule has 0 unspecified atom stereocenters. The molecule has 0 bridgehead atoms. The predicted octanol–water partition coefficient (Wildman–Crippen LogP) is 2.61. The highest BCUT2D eigenvalue weighted by Gasteiger charge is 2.27. The normalized spacial score (nSPS) is 11.7. The van der Waals surface area contributed by atoms with Crippen LogP contribution < -0.4 is 9.86 Å². The molecule has 3 heterocycles. The first kappa shape index (κ1) is 16.9. The van der Waals surface area contributed by atoms with Crippen LogP contribution in [0.5, 0.6) is 0 Å². The van der Waals surface area contributed by atoms with E-state index >= 15 is 0 Å². The fourth-order valence-corrected chi connectivity index (χ4v) is 5.45. The van der Waals surface area contributed by atoms with Crippen LogP contribution in [0.4, 0.5) is 5.13 Å². The zero-order valence-corrected chi connectivity index (χ0v) is 15.7. The van der Waals surface area contributed by atoms with Crippen molar-refractivity contribution in [3.63, 3.8) is 0 Å². The maximum atomic E-state index is 13.1. The second kappa shape index (κ2) is 6.63. The summed E-state index contributed by atoms with van der Waals surface area (Å²) >= 11 is 2.52. The highest BCUT2D eigenvalue weighted by Crippen LogP contribution is 2.27. The van der Waals surface area contributed by atoms with E-state index < -0.39 is 10.0 Å². The van der Waals surface area contributed by atoms with Crippen LogP contribution in [0.15, 0.2) is 69.2 Å². The lowest BCUT2D eigenvalue weighted by atomic mass is 10.4. The van der Waals surface area contributed by atoms with Gasteiger partial charge < -0.3 is 0 Å². The van der Waals surface area contributed by atoms with E-state index in [1.165, 1.54) is 55.8 Å². The molecule has 3 aromatic heterocycles. The smallest absolute Gasteiger partial charge is 0.266 e. The van der Waals surface area contributed by atoms with Crippen LogP contribution in [0.1, 0.15) is 5.69 Å². The third-order valence-electron chi connectivity index (χ3n) is 3.63. The van der Waals surface area contributed by atoms with Crippen LogP contribution in [0.3, 0.4) is 0 Å². The largest absolute Gasteiger partial charge is 0.269 e. The molecule has 0 aliphatic rings. The van der Waals surface area contributed by atoms with Crippen molar-refractivity contribution in [2.24, 2.45) is 0 Å². The van der Waals surface area contributed by atoms with E-state index in [2.05, 4.69) is 9.97 Å². The Morgan fingerprint density at radius 1 is 1.12 bits per heavy atom. The van der Waals surface area contributed by atoms with Gasteiger partial charge >= 0.3 is 0 Å². The van der Waals surface area contributed by atoms with E-state index in [9.17, 15) is 13.2 Å². The molecule has 0 aliphatic heterocycles. The van der Waals surface area contributed by atoms with Gasteiger partial charge in [0.25, 0.3) is 15.6 Å². The summed E-state index contributed by atoms with van der Waals surface area (Å²) in [5.41, 5.74) is 0.120. The van der Waals surface area contributed by atoms with Crippen LogP contribution >= 0.6 is 22.7 Å². The Bertz CT molecular complexity index is 1200. The number of rotatable bonds is 5. The van der Waals surface area contributed by atoms with Crippen LogP contribution in [-0.2, 0) is 16.6 Å². The molecule has 132 valence electrons. The monoisotopic (exact) mass is 404 g/mol. The number of anilines is 1. The molecule has 10 heteroatoms. The van der Waals surface area contributed by atoms with E-state index in [0.29, 0.717) is 15.8 Å². The molecular weight excluding hydrogens is 392 g/mol. The Morgan fingerprint density at radius 3 is 2.65 bits per heavy atom. The summed E-state index contributed by atoms with van der Waals surface area (Å²) in [7, 11) is -3.84. The van der Waals surface area contributed by atoms with Crippen molar-refractivity contribution in [2.45, 2.75) is 11.4 Å². The molecule has 0 saturated carbocycles. The standard InChI is InChI=1S/C16H12N4O3S3/c21-14-10-12(18-16-19(14)7-9-25-16)11-20(15-17-6-8-24-15)26(22,23)13-4-2-1-3-5-13/h1-10H,11H2. The fourth-order valence-electron chi connectivity index (χ4n) is 2.43. The molecule has 26 heavy (non-hydrogen) atoms. The number of hydrogen-bond acceptors (Lipinski definition) is 7. The summed E-state index contributed by atoms with van der Waals surface area (Å²) in [5.74, 6) is 0. The number of aromatic nitrogens is 3. The number of hydrogen-bond donors (Lipinski definition) is 0. The molecule has 0 spiro atoms. The maximum absolute atomic E-state index is 13.1. The molecule has 7 nitrogen and oxygen atoms in total. The van der Waals surface area contributed by atoms with E-state index in [4.69, 9.17) is 0 Å². The summed E-state index contributed by atoms with van der Waals surface area (Å²) in [6, 6.07) is 9.48. The quantitative estimate of drug-likeness (QED) is 0.510. The van der Waals surface area contributed by atoms with Gasteiger partial charge in [0.1, 0.15) is 0 Å². The predicted molar refractivity (Wildman–Crippen MR) is 101 cm³/mol. The van der Waals surface area contributed by atoms with Gasteiger partial charge in [-0.25, -0.2) is 22.7 Å². The lowest BCUT2D eigenvalue weighted by Gasteiger charge is -2.21. The third-order valence-corrected chi connectivity index (χ3v) is 7.04. The summed E-state index contributed by atoms with van der Waals surface area (Å²) in [5, 5.41) is 3.78. The zero-order chi connectivity index (χ0) is 18.1. The van der Waals surface area contributed by atoms with Crippen molar-refractivity contribution in [1.29, 1.82) is 0 Å². The van der Waals surface area contributed by atoms with Gasteiger partial charge in [-0.2, -0.15) is 0 Å². The average Bonchev–Trinajstić information content (AvgIpc) is 3.32. The number of nitrogens with zero attached hydrogens (tertiary/aromatic N) is 4. The number of sulfonamides is 1. The highest BCUT2D eigenvalue weighted by molar-refractivity contribution is 7.93. The molecule has 0 fully saturated rings. The lowest BCUT2D eigenvalue weighted by Crippen LogP contribution is -2.31. The van der Waals surface area contributed by atoms with Crippen LogP contribution in [0.25, 0.3) is 4.96 Å². The Kier molecular flexibility index (Phi) is 4.31. The molecule has 1 aromatic carbocycles. The highest BCUT2D eigenvalue weighted by atomic mass is 32.2. The second-order valence-electron chi connectivity index (χ2n) is 5.28. The van der Waals surface area contributed by atoms with Crippen molar-refractivity contribution in [2.75, 3.05) is 4.31 Å². The summed E-state index contributed by atoms with van der Waals surface area (Å²) in [4.78, 5) is 21.4. The van der Waals surface area contributed by atoms with Crippen molar-refractivity contribution >= 4 is 42.8 Å². The van der Waals surface area contributed by atoms with Crippen LogP contribution in [0, 0.1) is 0 Å². The van der Waals surface area contributed by atoms with E-state index in [0.717, 1.165) is 0 Å². The Balaban J connectivity index is 1.80. The summed E-state index contributed by atoms with van der Waals surface area (Å²) in [6.45, 7) is -0.0750. The Morgan fingerprint density at radius 2 is 1.92 bits per heavy atom. The number of fused-ring (bicyclic) bond motifs is 1. The van der Waals surface area contributed by atoms with Crippen molar-refractivity contribution < 1.29 is 8.42 Å². The fraction of sp³-hybridized carbons (Fsp3) is 0.0625. The van der Waals surface area contributed by atoms with Gasteiger partial charge in [0.15, 0.2) is 10.1 Å². The van der Waals surface area contributed by atoms with Crippen molar-refractivity contribution in [1.82, 2.24) is 14.4 Å². The number of benzene rings is 1. The van der Waals surface area contributed by atoms with E-state index in [1.54, 1.807) is 35.2 Å². The molecule has 0 amide bonds. The first-order chi connectivity index (χ1) is 12.6. The van der Waals surface area contributed by atoms with Crippen molar-refractivity contribution in [3.05, 3.63) is 75.6 Å². The van der Waals surface area contributed by atoms with Gasteiger partial charge in [-0.1, -0.05) is 18.2 Å². The molecule has 4 rings (SSSR count). The minimum absolute atomic E-state index is 0.0750. The van der Waals surface area contributed by atoms with Gasteiger partial charge in [0.05, 0.1) is 17.1 Å². The maximum Gasteiger partial charge on any atom is 0.266 e. The van der Waals surface area contributed by atoms with Gasteiger partial charge in [0.2, 0.25) is 0 Å². The molecule has 0 atom stereocenters. The first-order valence-electron chi connectivity index (χ1n) is 7.49. The Labute approximate surface area is 156 Å². The third kappa shape index (κ3) is 3.02. The lowest BCUT2D eigenvalue weighted by molar-refractivity contribution is 0.589. The molecule has 0 N–H and O–H groups in total. The molecular formula is C16H12N4O3S3. The second-order valence-corrected chi connectivity index (χ2v) is 8.89. The van der Waals surface area contributed by atoms with Gasteiger partial charge in [-0.15, -0.1) is 22.7 Å². The van der Waals surface area contributed by atoms with Crippen LogP contribution in [-0.4, -0.2) is 22.8 Å². The van der Waals surface area contributed by atoms with Crippen LogP contribution in [0.2, 0.25) is 0 Å². The average molecular weight is 404 g/mol. The topological polar surface area (TPSA) is 84.6 Å². The van der Waals surface area contributed by atoms with Gasteiger partial charge in [-0.3, -0.25) is 9.20 Å². The van der Waals surface area contributed by atoms with Gasteiger partial charge in [0, 0.05) is 29.2 Å². The molecule has 0 saturated heterocycles. The number of thiazole rings is 2. The summed E-state index contributed by atoms with van der Waals surface area (Å²) in [6.07, 6.45) is 3.18. The molecule has 0 aliphatic carbocycles. The van der Waals surface area contributed by atoms with E-state index in [-0.39, 0.29) is 17.0 Å². The minimum atomic E-state index is -3.84.